The average molecular weight is 286 g/mol. The zero-order valence-electron chi connectivity index (χ0n) is 10.3. The van der Waals surface area contributed by atoms with Crippen molar-refractivity contribution in [2.24, 2.45) is 5.92 Å². The smallest absolute Gasteiger partial charge is 0.308 e. The van der Waals surface area contributed by atoms with Crippen LogP contribution >= 0.6 is 11.6 Å². The summed E-state index contributed by atoms with van der Waals surface area (Å²) in [5.74, 6) is -2.61. The Morgan fingerprint density at radius 3 is 2.79 bits per heavy atom. The number of carboxylic acids is 1. The van der Waals surface area contributed by atoms with Gasteiger partial charge in [0, 0.05) is 24.1 Å². The first kappa shape index (κ1) is 13.8. The Labute approximate surface area is 114 Å². The zero-order valence-corrected chi connectivity index (χ0v) is 11.0. The standard InChI is InChI=1S/C13H13ClFNO3/c1-16-11(17)5-4-9(13(18)19)12(16)8-3-2-7(14)6-10(8)15/h2-3,6,9,12H,4-5H2,1H3,(H,18,19). The van der Waals surface area contributed by atoms with Crippen LogP contribution in [0.25, 0.3) is 0 Å². The van der Waals surface area contributed by atoms with E-state index in [-0.39, 0.29) is 29.3 Å². The monoisotopic (exact) mass is 285 g/mol. The summed E-state index contributed by atoms with van der Waals surface area (Å²) >= 11 is 5.68. The van der Waals surface area contributed by atoms with E-state index in [1.54, 1.807) is 0 Å². The zero-order chi connectivity index (χ0) is 14.2. The van der Waals surface area contributed by atoms with E-state index in [2.05, 4.69) is 0 Å². The number of aliphatic carboxylic acids is 1. The summed E-state index contributed by atoms with van der Waals surface area (Å²) in [6.45, 7) is 0. The highest BCUT2D eigenvalue weighted by molar-refractivity contribution is 6.30. The molecule has 0 saturated carbocycles. The number of benzene rings is 1. The highest BCUT2D eigenvalue weighted by atomic mass is 35.5. The van der Waals surface area contributed by atoms with Gasteiger partial charge in [-0.1, -0.05) is 17.7 Å². The molecule has 1 aliphatic heterocycles. The third-order valence-corrected chi connectivity index (χ3v) is 3.69. The van der Waals surface area contributed by atoms with Gasteiger partial charge in [-0.05, 0) is 18.6 Å². The quantitative estimate of drug-likeness (QED) is 0.908. The van der Waals surface area contributed by atoms with Gasteiger partial charge in [-0.2, -0.15) is 0 Å². The minimum atomic E-state index is -1.03. The number of carbonyl (C=O) groups excluding carboxylic acids is 1. The molecule has 1 heterocycles. The van der Waals surface area contributed by atoms with Gasteiger partial charge in [0.1, 0.15) is 5.82 Å². The number of hydrogen-bond acceptors (Lipinski definition) is 2. The minimum absolute atomic E-state index is 0.166. The highest BCUT2D eigenvalue weighted by Crippen LogP contribution is 2.37. The first-order valence-corrected chi connectivity index (χ1v) is 6.23. The molecule has 1 aromatic rings. The lowest BCUT2D eigenvalue weighted by atomic mass is 9.84. The second-order valence-electron chi connectivity index (χ2n) is 4.60. The molecule has 1 aliphatic rings. The fraction of sp³-hybridized carbons (Fsp3) is 0.385. The van der Waals surface area contributed by atoms with E-state index >= 15 is 0 Å². The molecule has 0 spiro atoms. The second-order valence-corrected chi connectivity index (χ2v) is 5.04. The van der Waals surface area contributed by atoms with Crippen LogP contribution in [0, 0.1) is 11.7 Å². The number of hydrogen-bond donors (Lipinski definition) is 1. The summed E-state index contributed by atoms with van der Waals surface area (Å²) < 4.78 is 14.0. The molecule has 0 aromatic heterocycles. The molecule has 0 aliphatic carbocycles. The van der Waals surface area contributed by atoms with Crippen LogP contribution in [-0.4, -0.2) is 28.9 Å². The van der Waals surface area contributed by atoms with Crippen LogP contribution in [0.2, 0.25) is 5.02 Å². The van der Waals surface area contributed by atoms with Gasteiger partial charge in [-0.3, -0.25) is 9.59 Å². The topological polar surface area (TPSA) is 57.6 Å². The predicted molar refractivity (Wildman–Crippen MR) is 67.3 cm³/mol. The van der Waals surface area contributed by atoms with Crippen LogP contribution < -0.4 is 0 Å². The Balaban J connectivity index is 2.46. The van der Waals surface area contributed by atoms with Crippen LogP contribution in [0.3, 0.4) is 0 Å². The molecule has 0 radical (unpaired) electrons. The van der Waals surface area contributed by atoms with Crippen molar-refractivity contribution in [3.8, 4) is 0 Å². The van der Waals surface area contributed by atoms with Crippen molar-refractivity contribution in [1.29, 1.82) is 0 Å². The van der Waals surface area contributed by atoms with Crippen LogP contribution in [0.15, 0.2) is 18.2 Å². The van der Waals surface area contributed by atoms with E-state index in [9.17, 15) is 19.1 Å². The van der Waals surface area contributed by atoms with E-state index in [1.807, 2.05) is 0 Å². The number of nitrogens with zero attached hydrogens (tertiary/aromatic N) is 1. The molecule has 2 unspecified atom stereocenters. The molecular weight excluding hydrogens is 273 g/mol. The van der Waals surface area contributed by atoms with Gasteiger partial charge in [0.25, 0.3) is 0 Å². The minimum Gasteiger partial charge on any atom is -0.481 e. The van der Waals surface area contributed by atoms with Crippen molar-refractivity contribution in [2.45, 2.75) is 18.9 Å². The summed E-state index contributed by atoms with van der Waals surface area (Å²) in [7, 11) is 1.50. The van der Waals surface area contributed by atoms with Crippen LogP contribution in [-0.2, 0) is 9.59 Å². The predicted octanol–water partition coefficient (Wildman–Crippen LogP) is 2.47. The third-order valence-electron chi connectivity index (χ3n) is 3.46. The summed E-state index contributed by atoms with van der Waals surface area (Å²) in [5, 5.41) is 9.47. The Morgan fingerprint density at radius 2 is 2.21 bits per heavy atom. The number of halogens is 2. The van der Waals surface area contributed by atoms with Crippen molar-refractivity contribution >= 4 is 23.5 Å². The number of piperidine rings is 1. The number of likely N-dealkylation sites (tertiary alicyclic amines) is 1. The van der Waals surface area contributed by atoms with Gasteiger partial charge in [0.05, 0.1) is 12.0 Å². The summed E-state index contributed by atoms with van der Waals surface area (Å²) in [5.41, 5.74) is 0.187. The fourth-order valence-electron chi connectivity index (χ4n) is 2.46. The average Bonchev–Trinajstić information content (AvgIpc) is 2.33. The van der Waals surface area contributed by atoms with E-state index < -0.39 is 23.7 Å². The van der Waals surface area contributed by atoms with Crippen molar-refractivity contribution < 1.29 is 19.1 Å². The van der Waals surface area contributed by atoms with Gasteiger partial charge in [-0.25, -0.2) is 4.39 Å². The van der Waals surface area contributed by atoms with Gasteiger partial charge in [-0.15, -0.1) is 0 Å². The summed E-state index contributed by atoms with van der Waals surface area (Å²) in [6.07, 6.45) is 0.379. The Hall–Kier alpha value is -1.62. The van der Waals surface area contributed by atoms with Crippen LogP contribution in [0.4, 0.5) is 4.39 Å². The molecule has 1 N–H and O–H groups in total. The van der Waals surface area contributed by atoms with E-state index in [4.69, 9.17) is 11.6 Å². The Kier molecular flexibility index (Phi) is 3.75. The van der Waals surface area contributed by atoms with Crippen LogP contribution in [0.1, 0.15) is 24.4 Å². The van der Waals surface area contributed by atoms with Gasteiger partial charge < -0.3 is 10.0 Å². The van der Waals surface area contributed by atoms with Crippen molar-refractivity contribution in [2.75, 3.05) is 7.05 Å². The van der Waals surface area contributed by atoms with Gasteiger partial charge >= 0.3 is 5.97 Å². The summed E-state index contributed by atoms with van der Waals surface area (Å²) in [4.78, 5) is 24.3. The first-order valence-electron chi connectivity index (χ1n) is 5.85. The molecule has 19 heavy (non-hydrogen) atoms. The van der Waals surface area contributed by atoms with E-state index in [1.165, 1.54) is 24.1 Å². The van der Waals surface area contributed by atoms with E-state index in [0.717, 1.165) is 6.07 Å². The molecule has 102 valence electrons. The normalized spacial score (nSPS) is 23.5. The second kappa shape index (κ2) is 5.17. The number of carboxylic acid groups (broad SMARTS) is 1. The number of rotatable bonds is 2. The maximum absolute atomic E-state index is 14.0. The third kappa shape index (κ3) is 2.56. The molecule has 1 saturated heterocycles. The number of amides is 1. The largest absolute Gasteiger partial charge is 0.481 e. The molecule has 1 aromatic carbocycles. The first-order chi connectivity index (χ1) is 8.91. The molecule has 4 nitrogen and oxygen atoms in total. The molecule has 2 atom stereocenters. The molecular formula is C13H13ClFNO3. The van der Waals surface area contributed by atoms with Gasteiger partial charge in [0.15, 0.2) is 0 Å². The molecule has 2 rings (SSSR count). The maximum Gasteiger partial charge on any atom is 0.308 e. The fourth-order valence-corrected chi connectivity index (χ4v) is 2.62. The van der Waals surface area contributed by atoms with Crippen molar-refractivity contribution in [1.82, 2.24) is 4.90 Å². The van der Waals surface area contributed by atoms with Crippen molar-refractivity contribution in [3.63, 3.8) is 0 Å². The molecule has 1 amide bonds. The molecule has 1 fully saturated rings. The van der Waals surface area contributed by atoms with Crippen molar-refractivity contribution in [3.05, 3.63) is 34.6 Å². The molecule has 6 heteroatoms. The SMILES string of the molecule is CN1C(=O)CCC(C(=O)O)C1c1ccc(Cl)cc1F. The lowest BCUT2D eigenvalue weighted by Gasteiger charge is -2.37. The Bertz CT molecular complexity index is 535. The van der Waals surface area contributed by atoms with E-state index in [0.29, 0.717) is 0 Å². The highest BCUT2D eigenvalue weighted by Gasteiger charge is 2.40. The van der Waals surface area contributed by atoms with Crippen LogP contribution in [0.5, 0.6) is 0 Å². The molecule has 0 bridgehead atoms. The summed E-state index contributed by atoms with van der Waals surface area (Å²) in [6, 6.07) is 3.26. The van der Waals surface area contributed by atoms with Gasteiger partial charge in [0.2, 0.25) is 5.91 Å². The Morgan fingerprint density at radius 1 is 1.53 bits per heavy atom. The number of carbonyl (C=O) groups is 2. The lowest BCUT2D eigenvalue weighted by Crippen LogP contribution is -2.43. The lowest BCUT2D eigenvalue weighted by molar-refractivity contribution is -0.150. The maximum atomic E-state index is 14.0.